The molecular formula is C19H23FN2O5. The number of carbonyl (C=O) groups excluding carboxylic acids is 2. The second kappa shape index (κ2) is 8.39. The van der Waals surface area contributed by atoms with E-state index in [2.05, 4.69) is 5.32 Å². The first-order valence-corrected chi connectivity index (χ1v) is 8.98. The van der Waals surface area contributed by atoms with Crippen molar-refractivity contribution in [1.29, 1.82) is 0 Å². The highest BCUT2D eigenvalue weighted by Crippen LogP contribution is 2.29. The van der Waals surface area contributed by atoms with Crippen molar-refractivity contribution < 1.29 is 28.6 Å². The first kappa shape index (κ1) is 19.2. The third-order valence-corrected chi connectivity index (χ3v) is 4.75. The largest absolute Gasteiger partial charge is 0.487 e. The quantitative estimate of drug-likeness (QED) is 0.704. The number of amides is 1. The van der Waals surface area contributed by atoms with Gasteiger partial charge in [-0.1, -0.05) is 0 Å². The Hall–Kier alpha value is -2.61. The first-order chi connectivity index (χ1) is 13.0. The normalized spacial score (nSPS) is 17.6. The molecule has 27 heavy (non-hydrogen) atoms. The smallest absolute Gasteiger partial charge is 0.337 e. The summed E-state index contributed by atoms with van der Waals surface area (Å²) >= 11 is 0. The number of hydrogen-bond acceptors (Lipinski definition) is 6. The van der Waals surface area contributed by atoms with Crippen molar-refractivity contribution >= 4 is 17.6 Å². The summed E-state index contributed by atoms with van der Waals surface area (Å²) in [5, 5.41) is 11.9. The van der Waals surface area contributed by atoms with Crippen LogP contribution in [0.4, 0.5) is 10.1 Å². The zero-order valence-electron chi connectivity index (χ0n) is 15.2. The van der Waals surface area contributed by atoms with Gasteiger partial charge in [0.25, 0.3) is 5.91 Å². The number of anilines is 1. The predicted octanol–water partition coefficient (Wildman–Crippen LogP) is 1.82. The summed E-state index contributed by atoms with van der Waals surface area (Å²) in [6.07, 6.45) is 4.05. The third-order valence-electron chi connectivity index (χ3n) is 4.75. The molecule has 0 unspecified atom stereocenters. The number of nitrogens with zero attached hydrogens (tertiary/aromatic N) is 1. The molecule has 1 amide bonds. The summed E-state index contributed by atoms with van der Waals surface area (Å²) in [5.41, 5.74) is 0.490. The second-order valence-corrected chi connectivity index (χ2v) is 6.59. The van der Waals surface area contributed by atoms with Crippen LogP contribution in [0.25, 0.3) is 0 Å². The van der Waals surface area contributed by atoms with E-state index in [1.54, 1.807) is 6.07 Å². The molecule has 0 spiro atoms. The van der Waals surface area contributed by atoms with Crippen LogP contribution in [-0.2, 0) is 14.3 Å². The maximum Gasteiger partial charge on any atom is 0.337 e. The Balaban J connectivity index is 1.78. The standard InChI is InChI=1S/C19H23FN2O5/c1-26-19(25)14-11-22(8-9-23)18(24)17(14)21-12-6-7-16(15(20)10-12)27-13-4-2-3-5-13/h6-7,10,13,21,23H,2-5,8-9,11H2,1H3. The lowest BCUT2D eigenvalue weighted by Crippen LogP contribution is -2.31. The zero-order chi connectivity index (χ0) is 19.4. The van der Waals surface area contributed by atoms with E-state index in [4.69, 9.17) is 14.6 Å². The topological polar surface area (TPSA) is 88.1 Å². The molecule has 1 aliphatic carbocycles. The van der Waals surface area contributed by atoms with Gasteiger partial charge in [-0.3, -0.25) is 4.79 Å². The molecule has 0 atom stereocenters. The molecular weight excluding hydrogens is 355 g/mol. The van der Waals surface area contributed by atoms with Gasteiger partial charge in [-0.05, 0) is 37.8 Å². The number of ether oxygens (including phenoxy) is 2. The number of β-amino-alcohol motifs (C(OH)–C–C–N with tert-alkyl or cyclic N) is 1. The van der Waals surface area contributed by atoms with Crippen LogP contribution < -0.4 is 10.1 Å². The molecule has 1 saturated carbocycles. The molecule has 0 aromatic heterocycles. The monoisotopic (exact) mass is 378 g/mol. The van der Waals surface area contributed by atoms with Gasteiger partial charge in [0.05, 0.1) is 31.9 Å². The highest BCUT2D eigenvalue weighted by Gasteiger charge is 2.34. The summed E-state index contributed by atoms with van der Waals surface area (Å²) < 4.78 is 24.8. The average molecular weight is 378 g/mol. The Bertz CT molecular complexity index is 758. The third kappa shape index (κ3) is 4.21. The van der Waals surface area contributed by atoms with Crippen molar-refractivity contribution in [2.24, 2.45) is 0 Å². The van der Waals surface area contributed by atoms with Crippen LogP contribution in [0.3, 0.4) is 0 Å². The minimum Gasteiger partial charge on any atom is -0.487 e. The molecule has 0 bridgehead atoms. The number of esters is 1. The van der Waals surface area contributed by atoms with E-state index in [0.29, 0.717) is 5.69 Å². The number of carbonyl (C=O) groups is 2. The molecule has 8 heteroatoms. The van der Waals surface area contributed by atoms with Crippen molar-refractivity contribution in [3.05, 3.63) is 35.3 Å². The van der Waals surface area contributed by atoms with E-state index in [1.165, 1.54) is 24.1 Å². The molecule has 0 radical (unpaired) electrons. The highest BCUT2D eigenvalue weighted by molar-refractivity contribution is 6.08. The summed E-state index contributed by atoms with van der Waals surface area (Å²) in [4.78, 5) is 25.8. The Labute approximate surface area is 156 Å². The van der Waals surface area contributed by atoms with Crippen LogP contribution in [0, 0.1) is 5.82 Å². The van der Waals surface area contributed by atoms with Crippen LogP contribution in [0.15, 0.2) is 29.5 Å². The molecule has 1 aromatic carbocycles. The molecule has 1 heterocycles. The molecule has 3 rings (SSSR count). The lowest BCUT2D eigenvalue weighted by atomic mass is 10.2. The van der Waals surface area contributed by atoms with Crippen LogP contribution >= 0.6 is 0 Å². The molecule has 1 aliphatic heterocycles. The Kier molecular flexibility index (Phi) is 5.95. The molecule has 2 N–H and O–H groups in total. The minimum absolute atomic E-state index is 0.0270. The number of halogens is 1. The summed E-state index contributed by atoms with van der Waals surface area (Å²) in [6, 6.07) is 4.34. The van der Waals surface area contributed by atoms with Crippen molar-refractivity contribution in [3.63, 3.8) is 0 Å². The molecule has 2 aliphatic rings. The number of benzene rings is 1. The van der Waals surface area contributed by atoms with Gasteiger partial charge in [0.2, 0.25) is 0 Å². The second-order valence-electron chi connectivity index (χ2n) is 6.59. The highest BCUT2D eigenvalue weighted by atomic mass is 19.1. The van der Waals surface area contributed by atoms with Gasteiger partial charge in [0.1, 0.15) is 5.70 Å². The van der Waals surface area contributed by atoms with Crippen molar-refractivity contribution in [2.45, 2.75) is 31.8 Å². The lowest BCUT2D eigenvalue weighted by Gasteiger charge is -2.16. The molecule has 1 aromatic rings. The summed E-state index contributed by atoms with van der Waals surface area (Å²) in [7, 11) is 1.22. The number of methoxy groups -OCH3 is 1. The lowest BCUT2D eigenvalue weighted by molar-refractivity contribution is -0.136. The average Bonchev–Trinajstić information content (AvgIpc) is 3.27. The first-order valence-electron chi connectivity index (χ1n) is 8.98. The van der Waals surface area contributed by atoms with Crippen molar-refractivity contribution in [2.75, 3.05) is 32.1 Å². The fraction of sp³-hybridized carbons (Fsp3) is 0.474. The SMILES string of the molecule is COC(=O)C1=C(Nc2ccc(OC3CCCC3)c(F)c2)C(=O)N(CCO)C1. The molecule has 0 saturated heterocycles. The number of aliphatic hydroxyl groups excluding tert-OH is 1. The summed E-state index contributed by atoms with van der Waals surface area (Å²) in [5.74, 6) is -1.46. The maximum absolute atomic E-state index is 14.4. The van der Waals surface area contributed by atoms with Gasteiger partial charge in [0, 0.05) is 18.3 Å². The van der Waals surface area contributed by atoms with E-state index >= 15 is 0 Å². The van der Waals surface area contributed by atoms with Gasteiger partial charge < -0.3 is 24.8 Å². The Morgan fingerprint density at radius 1 is 1.37 bits per heavy atom. The number of aliphatic hydroxyl groups is 1. The molecule has 1 fully saturated rings. The van der Waals surface area contributed by atoms with E-state index in [1.807, 2.05) is 0 Å². The number of rotatable bonds is 7. The minimum atomic E-state index is -0.645. The fourth-order valence-corrected chi connectivity index (χ4v) is 3.35. The van der Waals surface area contributed by atoms with Crippen molar-refractivity contribution in [1.82, 2.24) is 4.90 Å². The van der Waals surface area contributed by atoms with Crippen LogP contribution in [0.1, 0.15) is 25.7 Å². The van der Waals surface area contributed by atoms with Crippen LogP contribution in [0.5, 0.6) is 5.75 Å². The van der Waals surface area contributed by atoms with Crippen LogP contribution in [-0.4, -0.2) is 54.8 Å². The van der Waals surface area contributed by atoms with Crippen LogP contribution in [0.2, 0.25) is 0 Å². The van der Waals surface area contributed by atoms with Gasteiger partial charge in [-0.2, -0.15) is 0 Å². The van der Waals surface area contributed by atoms with Gasteiger partial charge in [0.15, 0.2) is 11.6 Å². The predicted molar refractivity (Wildman–Crippen MR) is 95.6 cm³/mol. The molecule has 146 valence electrons. The maximum atomic E-state index is 14.4. The Morgan fingerprint density at radius 3 is 2.74 bits per heavy atom. The van der Waals surface area contributed by atoms with Gasteiger partial charge in [-0.25, -0.2) is 9.18 Å². The molecule has 7 nitrogen and oxygen atoms in total. The number of nitrogens with one attached hydrogen (secondary N) is 1. The Morgan fingerprint density at radius 2 is 2.11 bits per heavy atom. The van der Waals surface area contributed by atoms with Crippen molar-refractivity contribution in [3.8, 4) is 5.75 Å². The van der Waals surface area contributed by atoms with Gasteiger partial charge in [-0.15, -0.1) is 0 Å². The van der Waals surface area contributed by atoms with E-state index in [9.17, 15) is 14.0 Å². The van der Waals surface area contributed by atoms with E-state index in [-0.39, 0.29) is 42.8 Å². The fourth-order valence-electron chi connectivity index (χ4n) is 3.35. The number of hydrogen-bond donors (Lipinski definition) is 2. The zero-order valence-corrected chi connectivity index (χ0v) is 15.2. The summed E-state index contributed by atoms with van der Waals surface area (Å²) in [6.45, 7) is -0.109. The van der Waals surface area contributed by atoms with E-state index in [0.717, 1.165) is 25.7 Å². The van der Waals surface area contributed by atoms with Gasteiger partial charge >= 0.3 is 5.97 Å². The van der Waals surface area contributed by atoms with E-state index < -0.39 is 17.7 Å².